The number of amides is 2. The third-order valence-electron chi connectivity index (χ3n) is 4.15. The van der Waals surface area contributed by atoms with E-state index < -0.39 is 6.10 Å². The summed E-state index contributed by atoms with van der Waals surface area (Å²) in [7, 11) is 0. The number of carbonyl (C=O) groups excluding carboxylic acids is 1. The number of carbonyl (C=O) groups is 1. The number of para-hydroxylation sites is 1. The number of benzene rings is 2. The van der Waals surface area contributed by atoms with Crippen LogP contribution in [0.2, 0.25) is 0 Å². The van der Waals surface area contributed by atoms with Crippen molar-refractivity contribution in [3.63, 3.8) is 0 Å². The van der Waals surface area contributed by atoms with Crippen LogP contribution in [0.25, 0.3) is 0 Å². The highest BCUT2D eigenvalue weighted by Gasteiger charge is 2.20. The van der Waals surface area contributed by atoms with Crippen LogP contribution in [0.3, 0.4) is 0 Å². The average Bonchev–Trinajstić information content (AvgIpc) is 2.65. The van der Waals surface area contributed by atoms with Crippen LogP contribution >= 0.6 is 0 Å². The van der Waals surface area contributed by atoms with Crippen LogP contribution in [-0.4, -0.2) is 30.8 Å². The number of urea groups is 1. The zero-order valence-electron chi connectivity index (χ0n) is 13.4. The van der Waals surface area contributed by atoms with Gasteiger partial charge in [-0.05, 0) is 23.6 Å². The summed E-state index contributed by atoms with van der Waals surface area (Å²) >= 11 is 0. The second kappa shape index (κ2) is 7.84. The summed E-state index contributed by atoms with van der Waals surface area (Å²) in [6.07, 6.45) is 0.185. The molecule has 2 amide bonds. The number of nitrogens with one attached hydrogen (secondary N) is 2. The molecule has 0 saturated carbocycles. The quantitative estimate of drug-likeness (QED) is 0.789. The number of fused-ring (bicyclic) bond motifs is 1. The van der Waals surface area contributed by atoms with Gasteiger partial charge in [-0.2, -0.15) is 0 Å². The van der Waals surface area contributed by atoms with Crippen molar-refractivity contribution in [3.8, 4) is 5.75 Å². The molecule has 24 heavy (non-hydrogen) atoms. The highest BCUT2D eigenvalue weighted by Crippen LogP contribution is 2.26. The zero-order valence-corrected chi connectivity index (χ0v) is 13.4. The van der Waals surface area contributed by atoms with Crippen LogP contribution in [-0.2, 0) is 6.42 Å². The SMILES string of the molecule is O=C(NCC1COc2ccccc2C1)NCC(O)c1ccccc1. The third-order valence-corrected chi connectivity index (χ3v) is 4.15. The van der Waals surface area contributed by atoms with Gasteiger partial charge in [0.25, 0.3) is 0 Å². The molecule has 1 aliphatic rings. The first kappa shape index (κ1) is 16.3. The molecule has 126 valence electrons. The Morgan fingerprint density at radius 3 is 2.71 bits per heavy atom. The van der Waals surface area contributed by atoms with Crippen molar-refractivity contribution in [1.29, 1.82) is 0 Å². The largest absolute Gasteiger partial charge is 0.493 e. The van der Waals surface area contributed by atoms with Crippen molar-refractivity contribution in [2.24, 2.45) is 5.92 Å². The molecular formula is C19H22N2O3. The van der Waals surface area contributed by atoms with Crippen LogP contribution in [0.1, 0.15) is 17.2 Å². The van der Waals surface area contributed by atoms with E-state index in [-0.39, 0.29) is 18.5 Å². The van der Waals surface area contributed by atoms with Gasteiger partial charge >= 0.3 is 6.03 Å². The Hall–Kier alpha value is -2.53. The molecule has 0 bridgehead atoms. The molecule has 1 heterocycles. The van der Waals surface area contributed by atoms with Gasteiger partial charge in [-0.3, -0.25) is 0 Å². The number of aliphatic hydroxyl groups excluding tert-OH is 1. The third kappa shape index (κ3) is 4.26. The van der Waals surface area contributed by atoms with Gasteiger partial charge in [0.1, 0.15) is 5.75 Å². The van der Waals surface area contributed by atoms with E-state index in [9.17, 15) is 9.90 Å². The lowest BCUT2D eigenvalue weighted by atomic mass is 9.97. The fourth-order valence-electron chi connectivity index (χ4n) is 2.80. The molecule has 0 spiro atoms. The molecule has 0 aromatic heterocycles. The van der Waals surface area contributed by atoms with Crippen LogP contribution in [0.4, 0.5) is 4.79 Å². The summed E-state index contributed by atoms with van der Waals surface area (Å²) < 4.78 is 5.71. The lowest BCUT2D eigenvalue weighted by molar-refractivity contribution is 0.171. The van der Waals surface area contributed by atoms with Crippen molar-refractivity contribution in [2.75, 3.05) is 19.7 Å². The maximum Gasteiger partial charge on any atom is 0.314 e. The average molecular weight is 326 g/mol. The Balaban J connectivity index is 1.40. The fraction of sp³-hybridized carbons (Fsp3) is 0.316. The van der Waals surface area contributed by atoms with Gasteiger partial charge in [0.2, 0.25) is 0 Å². The maximum absolute atomic E-state index is 11.9. The molecule has 2 aromatic carbocycles. The Kier molecular flexibility index (Phi) is 5.33. The van der Waals surface area contributed by atoms with E-state index in [1.807, 2.05) is 48.5 Å². The summed E-state index contributed by atoms with van der Waals surface area (Å²) in [6.45, 7) is 1.32. The van der Waals surface area contributed by atoms with Gasteiger partial charge in [0.05, 0.1) is 12.7 Å². The minimum Gasteiger partial charge on any atom is -0.493 e. The van der Waals surface area contributed by atoms with Gasteiger partial charge in [-0.1, -0.05) is 48.5 Å². The van der Waals surface area contributed by atoms with Gasteiger partial charge < -0.3 is 20.5 Å². The summed E-state index contributed by atoms with van der Waals surface area (Å²) in [5.41, 5.74) is 1.96. The molecule has 3 N–H and O–H groups in total. The Morgan fingerprint density at radius 2 is 1.88 bits per heavy atom. The van der Waals surface area contributed by atoms with E-state index in [2.05, 4.69) is 16.7 Å². The number of aliphatic hydroxyl groups is 1. The number of hydrogen-bond acceptors (Lipinski definition) is 3. The van der Waals surface area contributed by atoms with Crippen molar-refractivity contribution >= 4 is 6.03 Å². The molecule has 5 heteroatoms. The molecule has 0 fully saturated rings. The van der Waals surface area contributed by atoms with Crippen molar-refractivity contribution in [3.05, 3.63) is 65.7 Å². The zero-order chi connectivity index (χ0) is 16.8. The molecule has 3 rings (SSSR count). The highest BCUT2D eigenvalue weighted by molar-refractivity contribution is 5.73. The molecule has 1 aliphatic heterocycles. The number of ether oxygens (including phenoxy) is 1. The van der Waals surface area contributed by atoms with Crippen LogP contribution in [0.5, 0.6) is 5.75 Å². The van der Waals surface area contributed by atoms with E-state index in [4.69, 9.17) is 4.74 Å². The second-order valence-electron chi connectivity index (χ2n) is 6.01. The van der Waals surface area contributed by atoms with Gasteiger partial charge in [-0.15, -0.1) is 0 Å². The molecule has 5 nitrogen and oxygen atoms in total. The highest BCUT2D eigenvalue weighted by atomic mass is 16.5. The van der Waals surface area contributed by atoms with E-state index in [1.165, 1.54) is 5.56 Å². The number of hydrogen-bond donors (Lipinski definition) is 3. The minimum absolute atomic E-state index is 0.180. The van der Waals surface area contributed by atoms with Gasteiger partial charge in [0, 0.05) is 19.0 Å². The predicted molar refractivity (Wildman–Crippen MR) is 91.9 cm³/mol. The predicted octanol–water partition coefficient (Wildman–Crippen LogP) is 2.27. The van der Waals surface area contributed by atoms with E-state index in [0.717, 1.165) is 17.7 Å². The van der Waals surface area contributed by atoms with Crippen molar-refractivity contribution in [1.82, 2.24) is 10.6 Å². The van der Waals surface area contributed by atoms with Crippen molar-refractivity contribution in [2.45, 2.75) is 12.5 Å². The minimum atomic E-state index is -0.707. The van der Waals surface area contributed by atoms with Gasteiger partial charge in [0.15, 0.2) is 0 Å². The molecular weight excluding hydrogens is 304 g/mol. The van der Waals surface area contributed by atoms with Gasteiger partial charge in [-0.25, -0.2) is 4.79 Å². The Labute approximate surface area is 141 Å². The molecule has 0 saturated heterocycles. The normalized spacial score (nSPS) is 17.3. The van der Waals surface area contributed by atoms with Crippen molar-refractivity contribution < 1.29 is 14.6 Å². The Morgan fingerprint density at radius 1 is 1.12 bits per heavy atom. The summed E-state index contributed by atoms with van der Waals surface area (Å²) in [5.74, 6) is 1.19. The first-order valence-electron chi connectivity index (χ1n) is 8.18. The topological polar surface area (TPSA) is 70.6 Å². The lowest BCUT2D eigenvalue weighted by Gasteiger charge is -2.25. The standard InChI is InChI=1S/C19H22N2O3/c22-17(15-6-2-1-3-7-15)12-21-19(23)20-11-14-10-16-8-4-5-9-18(16)24-13-14/h1-9,14,17,22H,10-13H2,(H2,20,21,23). The number of rotatable bonds is 5. The molecule has 0 aliphatic carbocycles. The fourth-order valence-corrected chi connectivity index (χ4v) is 2.80. The monoisotopic (exact) mass is 326 g/mol. The van der Waals surface area contributed by atoms with Crippen LogP contribution < -0.4 is 15.4 Å². The first-order chi connectivity index (χ1) is 11.7. The second-order valence-corrected chi connectivity index (χ2v) is 6.01. The summed E-state index contributed by atoms with van der Waals surface area (Å²) in [6, 6.07) is 17.0. The van der Waals surface area contributed by atoms with E-state index >= 15 is 0 Å². The molecule has 2 unspecified atom stereocenters. The Bertz CT molecular complexity index is 675. The molecule has 0 radical (unpaired) electrons. The van der Waals surface area contributed by atoms with Crippen LogP contribution in [0.15, 0.2) is 54.6 Å². The summed E-state index contributed by atoms with van der Waals surface area (Å²) in [4.78, 5) is 11.9. The maximum atomic E-state index is 11.9. The van der Waals surface area contributed by atoms with E-state index in [0.29, 0.717) is 13.2 Å². The summed E-state index contributed by atoms with van der Waals surface area (Å²) in [5, 5.41) is 15.6. The molecule has 2 atom stereocenters. The lowest BCUT2D eigenvalue weighted by Crippen LogP contribution is -2.42. The smallest absolute Gasteiger partial charge is 0.314 e. The van der Waals surface area contributed by atoms with E-state index in [1.54, 1.807) is 0 Å². The van der Waals surface area contributed by atoms with Crippen LogP contribution in [0, 0.1) is 5.92 Å². The first-order valence-corrected chi connectivity index (χ1v) is 8.18. The molecule has 2 aromatic rings.